The molecule has 1 heterocycles. The highest BCUT2D eigenvalue weighted by molar-refractivity contribution is 6.53. The van der Waals surface area contributed by atoms with E-state index in [4.69, 9.17) is 10.1 Å². The van der Waals surface area contributed by atoms with Crippen molar-refractivity contribution in [3.63, 3.8) is 0 Å². The Hall–Kier alpha value is -2.65. The van der Waals surface area contributed by atoms with E-state index in [1.54, 1.807) is 19.3 Å². The molecular formula is C18H18F3N3O3. The largest absolute Gasteiger partial charge is 0.418 e. The molecule has 1 fully saturated rings. The van der Waals surface area contributed by atoms with Crippen LogP contribution in [0.5, 0.6) is 0 Å². The smallest absolute Gasteiger partial charge is 0.410 e. The molecule has 1 aromatic carbocycles. The third-order valence-corrected chi connectivity index (χ3v) is 4.57. The number of aliphatic hydroxyl groups is 1. The fourth-order valence-electron chi connectivity index (χ4n) is 2.97. The van der Waals surface area contributed by atoms with Gasteiger partial charge < -0.3 is 20.0 Å². The number of benzene rings is 1. The summed E-state index contributed by atoms with van der Waals surface area (Å²) < 4.78 is 43.6. The van der Waals surface area contributed by atoms with Crippen LogP contribution in [0.4, 0.5) is 13.2 Å². The zero-order chi connectivity index (χ0) is 19.8. The number of oxime groups is 1. The van der Waals surface area contributed by atoms with Crippen molar-refractivity contribution in [3.05, 3.63) is 53.2 Å². The minimum atomic E-state index is -4.77. The Morgan fingerprint density at radius 1 is 1.30 bits per heavy atom. The Morgan fingerprint density at radius 3 is 2.59 bits per heavy atom. The number of halogens is 3. The molecule has 3 rings (SSSR count). The molecular weight excluding hydrogens is 363 g/mol. The molecule has 0 aromatic heterocycles. The molecule has 2 aliphatic rings. The second-order valence-corrected chi connectivity index (χ2v) is 6.32. The summed E-state index contributed by atoms with van der Waals surface area (Å²) in [5, 5.41) is 30.0. The van der Waals surface area contributed by atoms with Gasteiger partial charge in [0, 0.05) is 20.2 Å². The van der Waals surface area contributed by atoms with E-state index in [0.29, 0.717) is 29.9 Å². The van der Waals surface area contributed by atoms with Gasteiger partial charge in [0.1, 0.15) is 11.4 Å². The quantitative estimate of drug-likeness (QED) is 0.425. The van der Waals surface area contributed by atoms with Crippen LogP contribution >= 0.6 is 0 Å². The molecule has 0 spiro atoms. The Labute approximate surface area is 153 Å². The lowest BCUT2D eigenvalue weighted by Crippen LogP contribution is -2.52. The number of aliphatic hydroxyl groups excluding tert-OH is 1. The van der Waals surface area contributed by atoms with E-state index in [9.17, 15) is 23.5 Å². The van der Waals surface area contributed by atoms with Gasteiger partial charge in [-0.3, -0.25) is 5.41 Å². The standard InChI is InChI=1S/C18H18F3N3O3/c1-27-13-8-24(9-13)15-7-12(6-14(23-26)16(15)22)10-3-2-4-11(5-10)17(25)18(19,20)21/h2-7,13,17,22,25-26H,8-9H2,1H3/b22-16?,23-14-. The summed E-state index contributed by atoms with van der Waals surface area (Å²) >= 11 is 0. The summed E-state index contributed by atoms with van der Waals surface area (Å²) in [6, 6.07) is 5.42. The van der Waals surface area contributed by atoms with Gasteiger partial charge in [-0.2, -0.15) is 13.2 Å². The van der Waals surface area contributed by atoms with Gasteiger partial charge in [-0.1, -0.05) is 23.4 Å². The number of likely N-dealkylation sites (tertiary alicyclic amines) is 1. The van der Waals surface area contributed by atoms with Crippen LogP contribution in [0.15, 0.2) is 47.3 Å². The van der Waals surface area contributed by atoms with Crippen LogP contribution in [0, 0.1) is 5.41 Å². The minimum Gasteiger partial charge on any atom is -0.410 e. The predicted octanol–water partition coefficient (Wildman–Crippen LogP) is 2.74. The average molecular weight is 381 g/mol. The fourth-order valence-corrected chi connectivity index (χ4v) is 2.97. The fraction of sp³-hybridized carbons (Fsp3) is 0.333. The van der Waals surface area contributed by atoms with Crippen LogP contribution in [0.1, 0.15) is 17.2 Å². The first-order valence-electron chi connectivity index (χ1n) is 8.12. The maximum absolute atomic E-state index is 12.8. The maximum atomic E-state index is 12.8. The lowest BCUT2D eigenvalue weighted by Gasteiger charge is -2.42. The molecule has 6 nitrogen and oxygen atoms in total. The van der Waals surface area contributed by atoms with E-state index in [0.717, 1.165) is 0 Å². The van der Waals surface area contributed by atoms with Crippen LogP contribution in [0.3, 0.4) is 0 Å². The lowest BCUT2D eigenvalue weighted by molar-refractivity contribution is -0.206. The molecule has 0 bridgehead atoms. The molecule has 0 radical (unpaired) electrons. The summed E-state index contributed by atoms with van der Waals surface area (Å²) in [6.45, 7) is 1.12. The van der Waals surface area contributed by atoms with Gasteiger partial charge in [-0.15, -0.1) is 0 Å². The number of hydrogen-bond donors (Lipinski definition) is 3. The summed E-state index contributed by atoms with van der Waals surface area (Å²) in [4.78, 5) is 1.86. The average Bonchev–Trinajstić information content (AvgIpc) is 2.60. The second-order valence-electron chi connectivity index (χ2n) is 6.32. The zero-order valence-electron chi connectivity index (χ0n) is 14.4. The number of nitrogens with one attached hydrogen (secondary N) is 1. The first-order chi connectivity index (χ1) is 12.7. The van der Waals surface area contributed by atoms with E-state index in [1.807, 2.05) is 4.90 Å². The highest BCUT2D eigenvalue weighted by Gasteiger charge is 2.39. The Bertz CT molecular complexity index is 840. The third-order valence-electron chi connectivity index (χ3n) is 4.57. The number of allylic oxidation sites excluding steroid dienone is 4. The molecule has 27 heavy (non-hydrogen) atoms. The van der Waals surface area contributed by atoms with Crippen LogP contribution in [-0.2, 0) is 4.74 Å². The topological polar surface area (TPSA) is 89.1 Å². The number of hydrogen-bond acceptors (Lipinski definition) is 6. The molecule has 1 unspecified atom stereocenters. The molecule has 1 aliphatic heterocycles. The van der Waals surface area contributed by atoms with Crippen molar-refractivity contribution in [2.75, 3.05) is 20.2 Å². The van der Waals surface area contributed by atoms with Crippen molar-refractivity contribution >= 4 is 17.0 Å². The van der Waals surface area contributed by atoms with Crippen LogP contribution in [0.2, 0.25) is 0 Å². The molecule has 144 valence electrons. The van der Waals surface area contributed by atoms with E-state index in [2.05, 4.69) is 5.16 Å². The van der Waals surface area contributed by atoms with E-state index in [1.165, 1.54) is 24.3 Å². The van der Waals surface area contributed by atoms with E-state index < -0.39 is 12.3 Å². The highest BCUT2D eigenvalue weighted by atomic mass is 19.4. The Balaban J connectivity index is 1.95. The van der Waals surface area contributed by atoms with Gasteiger partial charge in [-0.05, 0) is 34.9 Å². The number of methoxy groups -OCH3 is 1. The molecule has 9 heteroatoms. The molecule has 0 amide bonds. The first kappa shape index (κ1) is 19.1. The van der Waals surface area contributed by atoms with Gasteiger partial charge in [0.2, 0.25) is 0 Å². The number of rotatable bonds is 4. The Morgan fingerprint density at radius 2 is 2.00 bits per heavy atom. The minimum absolute atomic E-state index is 0.00476. The van der Waals surface area contributed by atoms with E-state index >= 15 is 0 Å². The van der Waals surface area contributed by atoms with Gasteiger partial charge in [0.25, 0.3) is 0 Å². The van der Waals surface area contributed by atoms with Crippen molar-refractivity contribution < 1.29 is 28.2 Å². The predicted molar refractivity (Wildman–Crippen MR) is 92.8 cm³/mol. The molecule has 1 saturated heterocycles. The second kappa shape index (κ2) is 7.16. The summed E-state index contributed by atoms with van der Waals surface area (Å²) in [5.74, 6) is 0. The highest BCUT2D eigenvalue weighted by Crippen LogP contribution is 2.34. The van der Waals surface area contributed by atoms with Gasteiger partial charge in [0.05, 0.1) is 11.8 Å². The number of alkyl halides is 3. The van der Waals surface area contributed by atoms with Crippen LogP contribution < -0.4 is 0 Å². The lowest BCUT2D eigenvalue weighted by atomic mass is 9.92. The Kier molecular flexibility index (Phi) is 5.07. The normalized spacial score (nSPS) is 21.0. The zero-order valence-corrected chi connectivity index (χ0v) is 14.4. The van der Waals surface area contributed by atoms with Gasteiger partial charge >= 0.3 is 6.18 Å². The summed E-state index contributed by atoms with van der Waals surface area (Å²) in [7, 11) is 1.59. The van der Waals surface area contributed by atoms with Crippen molar-refractivity contribution in [2.24, 2.45) is 5.16 Å². The van der Waals surface area contributed by atoms with Crippen molar-refractivity contribution in [2.45, 2.75) is 18.4 Å². The van der Waals surface area contributed by atoms with Gasteiger partial charge in [0.15, 0.2) is 6.10 Å². The summed E-state index contributed by atoms with van der Waals surface area (Å²) in [6.07, 6.45) is -4.26. The third kappa shape index (κ3) is 3.74. The van der Waals surface area contributed by atoms with Crippen LogP contribution in [0.25, 0.3) is 5.57 Å². The number of nitrogens with zero attached hydrogens (tertiary/aromatic N) is 2. The van der Waals surface area contributed by atoms with Crippen LogP contribution in [-0.4, -0.2) is 59.1 Å². The van der Waals surface area contributed by atoms with E-state index in [-0.39, 0.29) is 23.1 Å². The number of ether oxygens (including phenoxy) is 1. The molecule has 1 aliphatic carbocycles. The maximum Gasteiger partial charge on any atom is 0.418 e. The molecule has 1 aromatic rings. The SMILES string of the molecule is COC1CN(C2=CC(c3cccc(C(O)C(F)(F)F)c3)=C/C(=N/O)C2=N)C1. The monoisotopic (exact) mass is 381 g/mol. The van der Waals surface area contributed by atoms with Crippen molar-refractivity contribution in [3.8, 4) is 0 Å². The molecule has 3 N–H and O–H groups in total. The van der Waals surface area contributed by atoms with Crippen molar-refractivity contribution in [1.29, 1.82) is 5.41 Å². The molecule has 1 atom stereocenters. The molecule has 0 saturated carbocycles. The van der Waals surface area contributed by atoms with Crippen molar-refractivity contribution in [1.82, 2.24) is 4.90 Å². The first-order valence-corrected chi connectivity index (χ1v) is 8.12. The summed E-state index contributed by atoms with van der Waals surface area (Å²) in [5.41, 5.74) is 1.11. The van der Waals surface area contributed by atoms with Gasteiger partial charge in [-0.25, -0.2) is 0 Å².